The van der Waals surface area contributed by atoms with Crippen LogP contribution in [0, 0.1) is 26.7 Å². The van der Waals surface area contributed by atoms with Gasteiger partial charge in [-0.2, -0.15) is 0 Å². The Morgan fingerprint density at radius 2 is 1.94 bits per heavy atom. The van der Waals surface area contributed by atoms with Crippen LogP contribution in [-0.2, 0) is 11.2 Å². The number of hydrogen-bond donors (Lipinski definition) is 1. The van der Waals surface area contributed by atoms with E-state index in [2.05, 4.69) is 38.2 Å². The van der Waals surface area contributed by atoms with Crippen molar-refractivity contribution in [1.29, 1.82) is 0 Å². The second kappa shape index (κ2) is 5.65. The lowest BCUT2D eigenvalue weighted by molar-refractivity contribution is 0.123. The lowest BCUT2D eigenvalue weighted by atomic mass is 9.91. The molecule has 1 unspecified atom stereocenters. The fourth-order valence-corrected chi connectivity index (χ4v) is 2.71. The summed E-state index contributed by atoms with van der Waals surface area (Å²) in [6, 6.07) is 4.57. The summed E-state index contributed by atoms with van der Waals surface area (Å²) >= 11 is 0. The lowest BCUT2D eigenvalue weighted by Crippen LogP contribution is -2.24. The van der Waals surface area contributed by atoms with Crippen LogP contribution in [0.15, 0.2) is 12.1 Å². The first kappa shape index (κ1) is 12.6. The summed E-state index contributed by atoms with van der Waals surface area (Å²) in [6.07, 6.45) is 1.13. The van der Waals surface area contributed by atoms with Crippen molar-refractivity contribution >= 4 is 0 Å². The highest BCUT2D eigenvalue weighted by atomic mass is 16.5. The minimum atomic E-state index is 0.609. The van der Waals surface area contributed by atoms with Gasteiger partial charge in [-0.1, -0.05) is 17.7 Å². The van der Waals surface area contributed by atoms with E-state index in [9.17, 15) is 0 Å². The van der Waals surface area contributed by atoms with Crippen LogP contribution < -0.4 is 5.32 Å². The highest BCUT2D eigenvalue weighted by Crippen LogP contribution is 2.20. The van der Waals surface area contributed by atoms with Crippen molar-refractivity contribution in [3.8, 4) is 0 Å². The van der Waals surface area contributed by atoms with Gasteiger partial charge in [-0.15, -0.1) is 0 Å². The molecule has 0 radical (unpaired) electrons. The molecule has 0 aliphatic carbocycles. The molecule has 1 saturated heterocycles. The van der Waals surface area contributed by atoms with E-state index in [4.69, 9.17) is 4.74 Å². The Morgan fingerprint density at radius 1 is 1.24 bits per heavy atom. The molecule has 0 amide bonds. The van der Waals surface area contributed by atoms with Gasteiger partial charge in [0.2, 0.25) is 0 Å². The van der Waals surface area contributed by atoms with Crippen LogP contribution in [0.1, 0.15) is 22.3 Å². The summed E-state index contributed by atoms with van der Waals surface area (Å²) in [5.41, 5.74) is 5.71. The topological polar surface area (TPSA) is 21.3 Å². The van der Waals surface area contributed by atoms with Crippen molar-refractivity contribution in [3.05, 3.63) is 34.4 Å². The second-order valence-corrected chi connectivity index (χ2v) is 5.23. The fourth-order valence-electron chi connectivity index (χ4n) is 2.71. The predicted octanol–water partition coefficient (Wildman–Crippen LogP) is 2.39. The molecule has 1 N–H and O–H groups in total. The monoisotopic (exact) mass is 233 g/mol. The Balaban J connectivity index is 2.11. The molecule has 94 valence electrons. The van der Waals surface area contributed by atoms with E-state index in [1.807, 2.05) is 0 Å². The van der Waals surface area contributed by atoms with Crippen LogP contribution in [0.2, 0.25) is 0 Å². The first-order valence-corrected chi connectivity index (χ1v) is 6.52. The van der Waals surface area contributed by atoms with E-state index < -0.39 is 0 Å². The molecule has 0 bridgehead atoms. The molecule has 1 fully saturated rings. The molecule has 0 aromatic heterocycles. The molecule has 1 aromatic rings. The summed E-state index contributed by atoms with van der Waals surface area (Å²) in [7, 11) is 0. The van der Waals surface area contributed by atoms with Gasteiger partial charge >= 0.3 is 0 Å². The quantitative estimate of drug-likeness (QED) is 0.847. The number of hydrogen-bond acceptors (Lipinski definition) is 2. The first-order valence-electron chi connectivity index (χ1n) is 6.52. The zero-order chi connectivity index (χ0) is 12.3. The van der Waals surface area contributed by atoms with Gasteiger partial charge < -0.3 is 10.1 Å². The first-order chi connectivity index (χ1) is 8.16. The van der Waals surface area contributed by atoms with Crippen molar-refractivity contribution in [2.75, 3.05) is 26.3 Å². The maximum atomic E-state index is 5.62. The molecule has 1 atom stereocenters. The van der Waals surface area contributed by atoms with Gasteiger partial charge in [0.1, 0.15) is 0 Å². The van der Waals surface area contributed by atoms with Crippen molar-refractivity contribution in [3.63, 3.8) is 0 Å². The van der Waals surface area contributed by atoms with Gasteiger partial charge in [0.15, 0.2) is 0 Å². The van der Waals surface area contributed by atoms with E-state index in [1.54, 1.807) is 0 Å². The van der Waals surface area contributed by atoms with Crippen LogP contribution >= 0.6 is 0 Å². The maximum Gasteiger partial charge on any atom is 0.0591 e. The summed E-state index contributed by atoms with van der Waals surface area (Å²) < 4.78 is 5.62. The van der Waals surface area contributed by atoms with E-state index in [0.29, 0.717) is 5.92 Å². The summed E-state index contributed by atoms with van der Waals surface area (Å²) in [5.74, 6) is 0.609. The predicted molar refractivity (Wildman–Crippen MR) is 71.5 cm³/mol. The molecule has 1 aliphatic heterocycles. The molecule has 2 nitrogen and oxygen atoms in total. The molecule has 17 heavy (non-hydrogen) atoms. The molecular weight excluding hydrogens is 210 g/mol. The van der Waals surface area contributed by atoms with Crippen LogP contribution in [0.25, 0.3) is 0 Å². The largest absolute Gasteiger partial charge is 0.380 e. The Kier molecular flexibility index (Phi) is 4.19. The van der Waals surface area contributed by atoms with Crippen LogP contribution in [0.4, 0.5) is 0 Å². The second-order valence-electron chi connectivity index (χ2n) is 5.23. The average molecular weight is 233 g/mol. The molecule has 2 rings (SSSR count). The van der Waals surface area contributed by atoms with Gasteiger partial charge in [-0.25, -0.2) is 0 Å². The van der Waals surface area contributed by atoms with E-state index in [0.717, 1.165) is 32.7 Å². The molecule has 1 aliphatic rings. The number of benzene rings is 1. The summed E-state index contributed by atoms with van der Waals surface area (Å²) in [6.45, 7) is 10.4. The molecule has 0 spiro atoms. The SMILES string of the molecule is Cc1cc(C)c(CC2CNCCOC2)c(C)c1. The third-order valence-electron chi connectivity index (χ3n) is 3.54. The standard InChI is InChI=1S/C15H23NO/c1-11-6-12(2)15(13(3)7-11)8-14-9-16-4-5-17-10-14/h6-7,14,16H,4-5,8-10H2,1-3H3. The van der Waals surface area contributed by atoms with Crippen LogP contribution in [0.5, 0.6) is 0 Å². The number of aryl methyl sites for hydroxylation is 3. The zero-order valence-corrected chi connectivity index (χ0v) is 11.2. The normalized spacial score (nSPS) is 21.2. The van der Waals surface area contributed by atoms with Gasteiger partial charge in [-0.3, -0.25) is 0 Å². The van der Waals surface area contributed by atoms with E-state index >= 15 is 0 Å². The Labute approximate surface area is 104 Å². The average Bonchev–Trinajstić information content (AvgIpc) is 2.51. The lowest BCUT2D eigenvalue weighted by Gasteiger charge is -2.18. The summed E-state index contributed by atoms with van der Waals surface area (Å²) in [5, 5.41) is 3.44. The summed E-state index contributed by atoms with van der Waals surface area (Å²) in [4.78, 5) is 0. The van der Waals surface area contributed by atoms with Crippen LogP contribution in [-0.4, -0.2) is 26.3 Å². The van der Waals surface area contributed by atoms with Gasteiger partial charge in [0.25, 0.3) is 0 Å². The van der Waals surface area contributed by atoms with Crippen LogP contribution in [0.3, 0.4) is 0 Å². The van der Waals surface area contributed by atoms with Crippen molar-refractivity contribution in [1.82, 2.24) is 5.32 Å². The highest BCUT2D eigenvalue weighted by Gasteiger charge is 2.15. The Bertz CT molecular complexity index is 356. The third-order valence-corrected chi connectivity index (χ3v) is 3.54. The van der Waals surface area contributed by atoms with E-state index in [-0.39, 0.29) is 0 Å². The Morgan fingerprint density at radius 3 is 2.65 bits per heavy atom. The van der Waals surface area contributed by atoms with Gasteiger partial charge in [0, 0.05) is 13.1 Å². The van der Waals surface area contributed by atoms with E-state index in [1.165, 1.54) is 22.3 Å². The highest BCUT2D eigenvalue weighted by molar-refractivity contribution is 5.37. The molecule has 0 saturated carbocycles. The molecular formula is C15H23NO. The number of rotatable bonds is 2. The molecule has 1 heterocycles. The number of ether oxygens (including phenoxy) is 1. The fraction of sp³-hybridized carbons (Fsp3) is 0.600. The van der Waals surface area contributed by atoms with Gasteiger partial charge in [-0.05, 0) is 49.8 Å². The van der Waals surface area contributed by atoms with Gasteiger partial charge in [0.05, 0.1) is 13.2 Å². The molecule has 1 aromatic carbocycles. The van der Waals surface area contributed by atoms with Crippen molar-refractivity contribution < 1.29 is 4.74 Å². The minimum Gasteiger partial charge on any atom is -0.380 e. The minimum absolute atomic E-state index is 0.609. The van der Waals surface area contributed by atoms with Crippen molar-refractivity contribution in [2.45, 2.75) is 27.2 Å². The molecule has 2 heteroatoms. The van der Waals surface area contributed by atoms with Crippen molar-refractivity contribution in [2.24, 2.45) is 5.92 Å². The third kappa shape index (κ3) is 3.30. The maximum absolute atomic E-state index is 5.62. The number of nitrogens with one attached hydrogen (secondary N) is 1. The Hall–Kier alpha value is -0.860. The zero-order valence-electron chi connectivity index (χ0n) is 11.2. The smallest absolute Gasteiger partial charge is 0.0591 e.